The highest BCUT2D eigenvalue weighted by molar-refractivity contribution is 5.96. The first-order valence-electron chi connectivity index (χ1n) is 6.43. The molecule has 0 aliphatic rings. The molecular weight excluding hydrogens is 242 g/mol. The summed E-state index contributed by atoms with van der Waals surface area (Å²) in [5.41, 5.74) is 7.18. The molecular formula is C14H21N3O2. The molecule has 0 bridgehead atoms. The lowest BCUT2D eigenvalue weighted by atomic mass is 10.1. The molecule has 19 heavy (non-hydrogen) atoms. The molecule has 0 saturated carbocycles. The number of hydrogen-bond acceptors (Lipinski definition) is 3. The number of carbonyl (C=O) groups is 2. The number of amides is 2. The van der Waals surface area contributed by atoms with E-state index in [2.05, 4.69) is 10.6 Å². The molecule has 1 aromatic carbocycles. The van der Waals surface area contributed by atoms with Crippen molar-refractivity contribution in [2.24, 2.45) is 5.73 Å². The van der Waals surface area contributed by atoms with Gasteiger partial charge >= 0.3 is 0 Å². The van der Waals surface area contributed by atoms with Crippen LogP contribution < -0.4 is 16.4 Å². The minimum atomic E-state index is -0.516. The maximum absolute atomic E-state index is 11.9. The zero-order chi connectivity index (χ0) is 14.3. The van der Waals surface area contributed by atoms with Gasteiger partial charge in [0.25, 0.3) is 0 Å². The molecule has 0 unspecified atom stereocenters. The Hall–Kier alpha value is -1.88. The van der Waals surface area contributed by atoms with E-state index in [4.69, 9.17) is 5.73 Å². The third-order valence-electron chi connectivity index (χ3n) is 2.84. The van der Waals surface area contributed by atoms with Gasteiger partial charge in [-0.25, -0.2) is 0 Å². The zero-order valence-electron chi connectivity index (χ0n) is 11.4. The summed E-state index contributed by atoms with van der Waals surface area (Å²) in [6.45, 7) is 1.98. The van der Waals surface area contributed by atoms with Crippen molar-refractivity contribution in [1.82, 2.24) is 5.32 Å². The first kappa shape index (κ1) is 15.2. The Morgan fingerprint density at radius 2 is 2.00 bits per heavy atom. The van der Waals surface area contributed by atoms with Crippen molar-refractivity contribution in [2.45, 2.75) is 32.2 Å². The first-order valence-corrected chi connectivity index (χ1v) is 6.43. The minimum absolute atomic E-state index is 0.0976. The van der Waals surface area contributed by atoms with Crippen molar-refractivity contribution in [3.8, 4) is 0 Å². The summed E-state index contributed by atoms with van der Waals surface area (Å²) in [4.78, 5) is 23.3. The maximum atomic E-state index is 11.9. The highest BCUT2D eigenvalue weighted by atomic mass is 16.2. The average molecular weight is 263 g/mol. The number of nitrogens with one attached hydrogen (secondary N) is 2. The molecule has 0 spiro atoms. The molecule has 0 aliphatic heterocycles. The summed E-state index contributed by atoms with van der Waals surface area (Å²) in [5.74, 6) is -0.314. The number of rotatable bonds is 6. The van der Waals surface area contributed by atoms with Crippen molar-refractivity contribution in [1.29, 1.82) is 0 Å². The van der Waals surface area contributed by atoms with Gasteiger partial charge in [0.15, 0.2) is 0 Å². The van der Waals surface area contributed by atoms with Crippen LogP contribution in [0.15, 0.2) is 24.3 Å². The summed E-state index contributed by atoms with van der Waals surface area (Å²) in [5, 5.41) is 5.34. The fraction of sp³-hybridized carbons (Fsp3) is 0.429. The van der Waals surface area contributed by atoms with Crippen LogP contribution in [0.2, 0.25) is 0 Å². The fourth-order valence-electron chi connectivity index (χ4n) is 1.73. The van der Waals surface area contributed by atoms with Crippen LogP contribution in [-0.4, -0.2) is 24.9 Å². The van der Waals surface area contributed by atoms with E-state index in [9.17, 15) is 9.59 Å². The quantitative estimate of drug-likeness (QED) is 0.717. The van der Waals surface area contributed by atoms with Crippen molar-refractivity contribution >= 4 is 17.5 Å². The molecule has 5 nitrogen and oxygen atoms in total. The van der Waals surface area contributed by atoms with E-state index in [-0.39, 0.29) is 18.2 Å². The van der Waals surface area contributed by atoms with Gasteiger partial charge in [0, 0.05) is 12.7 Å². The van der Waals surface area contributed by atoms with E-state index in [1.807, 2.05) is 25.1 Å². The van der Waals surface area contributed by atoms with Crippen molar-refractivity contribution in [3.05, 3.63) is 29.8 Å². The van der Waals surface area contributed by atoms with Crippen LogP contribution in [0.1, 0.15) is 25.3 Å². The molecule has 0 radical (unpaired) electrons. The summed E-state index contributed by atoms with van der Waals surface area (Å²) >= 11 is 0. The van der Waals surface area contributed by atoms with Gasteiger partial charge in [-0.1, -0.05) is 31.5 Å². The summed E-state index contributed by atoms with van der Waals surface area (Å²) in [6, 6.07) is 6.72. The Balaban J connectivity index is 2.77. The molecule has 104 valence electrons. The van der Waals surface area contributed by atoms with Gasteiger partial charge in [0.1, 0.15) is 0 Å². The van der Waals surface area contributed by atoms with Crippen molar-refractivity contribution in [2.75, 3.05) is 12.4 Å². The maximum Gasteiger partial charge on any atom is 0.241 e. The SMILES string of the molecule is CCC[C@H](N)C(=O)Nc1ccccc1CC(=O)NC. The standard InChI is InChI=1S/C14H21N3O2/c1-3-6-11(15)14(19)17-12-8-5-4-7-10(12)9-13(18)16-2/h4-5,7-8,11H,3,6,9,15H2,1-2H3,(H,16,18)(H,17,19)/t11-/m0/s1. The highest BCUT2D eigenvalue weighted by Gasteiger charge is 2.14. The van der Waals surface area contributed by atoms with Crippen LogP contribution in [-0.2, 0) is 16.0 Å². The number of carbonyl (C=O) groups excluding carboxylic acids is 2. The predicted molar refractivity (Wildman–Crippen MR) is 75.7 cm³/mol. The topological polar surface area (TPSA) is 84.2 Å². The number of para-hydroxylation sites is 1. The lowest BCUT2D eigenvalue weighted by Gasteiger charge is -2.14. The molecule has 1 rings (SSSR count). The number of anilines is 1. The summed E-state index contributed by atoms with van der Waals surface area (Å²) in [6.07, 6.45) is 1.73. The van der Waals surface area contributed by atoms with Crippen molar-refractivity contribution < 1.29 is 9.59 Å². The molecule has 5 heteroatoms. The van der Waals surface area contributed by atoms with Gasteiger partial charge in [-0.05, 0) is 18.1 Å². The van der Waals surface area contributed by atoms with E-state index in [0.29, 0.717) is 12.1 Å². The Kier molecular flexibility index (Phi) is 6.02. The Morgan fingerprint density at radius 3 is 2.63 bits per heavy atom. The van der Waals surface area contributed by atoms with Crippen LogP contribution in [0, 0.1) is 0 Å². The third kappa shape index (κ3) is 4.71. The second-order valence-corrected chi connectivity index (χ2v) is 4.39. The van der Waals surface area contributed by atoms with Gasteiger partial charge in [-0.2, -0.15) is 0 Å². The monoisotopic (exact) mass is 263 g/mol. The molecule has 0 aromatic heterocycles. The van der Waals surface area contributed by atoms with Crippen LogP contribution >= 0.6 is 0 Å². The molecule has 0 aliphatic carbocycles. The third-order valence-corrected chi connectivity index (χ3v) is 2.84. The molecule has 0 fully saturated rings. The van der Waals surface area contributed by atoms with Gasteiger partial charge in [0.2, 0.25) is 11.8 Å². The fourth-order valence-corrected chi connectivity index (χ4v) is 1.73. The highest BCUT2D eigenvalue weighted by Crippen LogP contribution is 2.16. The lowest BCUT2D eigenvalue weighted by molar-refractivity contribution is -0.120. The average Bonchev–Trinajstić information content (AvgIpc) is 2.41. The van der Waals surface area contributed by atoms with Gasteiger partial charge in [0.05, 0.1) is 12.5 Å². The zero-order valence-corrected chi connectivity index (χ0v) is 11.4. The number of benzene rings is 1. The van der Waals surface area contributed by atoms with E-state index < -0.39 is 6.04 Å². The van der Waals surface area contributed by atoms with E-state index >= 15 is 0 Å². The van der Waals surface area contributed by atoms with Crippen LogP contribution in [0.25, 0.3) is 0 Å². The van der Waals surface area contributed by atoms with E-state index in [0.717, 1.165) is 12.0 Å². The number of hydrogen-bond donors (Lipinski definition) is 3. The molecule has 4 N–H and O–H groups in total. The smallest absolute Gasteiger partial charge is 0.241 e. The Morgan fingerprint density at radius 1 is 1.32 bits per heavy atom. The second kappa shape index (κ2) is 7.53. The lowest BCUT2D eigenvalue weighted by Crippen LogP contribution is -2.35. The van der Waals surface area contributed by atoms with E-state index in [1.165, 1.54) is 0 Å². The van der Waals surface area contributed by atoms with Crippen LogP contribution in [0.3, 0.4) is 0 Å². The van der Waals surface area contributed by atoms with Crippen LogP contribution in [0.5, 0.6) is 0 Å². The second-order valence-electron chi connectivity index (χ2n) is 4.39. The Labute approximate surface area is 113 Å². The van der Waals surface area contributed by atoms with Gasteiger partial charge < -0.3 is 16.4 Å². The van der Waals surface area contributed by atoms with Crippen LogP contribution in [0.4, 0.5) is 5.69 Å². The summed E-state index contributed by atoms with van der Waals surface area (Å²) < 4.78 is 0. The molecule has 1 atom stereocenters. The van der Waals surface area contributed by atoms with E-state index in [1.54, 1.807) is 13.1 Å². The van der Waals surface area contributed by atoms with Gasteiger partial charge in [-0.15, -0.1) is 0 Å². The Bertz CT molecular complexity index is 446. The van der Waals surface area contributed by atoms with Gasteiger partial charge in [-0.3, -0.25) is 9.59 Å². The molecule has 2 amide bonds. The number of likely N-dealkylation sites (N-methyl/N-ethyl adjacent to an activating group) is 1. The summed E-state index contributed by atoms with van der Waals surface area (Å²) in [7, 11) is 1.58. The predicted octanol–water partition coefficient (Wildman–Crippen LogP) is 1.04. The molecule has 0 saturated heterocycles. The first-order chi connectivity index (χ1) is 9.08. The normalized spacial score (nSPS) is 11.7. The van der Waals surface area contributed by atoms with Crippen molar-refractivity contribution in [3.63, 3.8) is 0 Å². The largest absolute Gasteiger partial charge is 0.359 e. The minimum Gasteiger partial charge on any atom is -0.359 e. The number of nitrogens with two attached hydrogens (primary N) is 1. The molecule has 0 heterocycles. The molecule has 1 aromatic rings.